The lowest BCUT2D eigenvalue weighted by Crippen LogP contribution is -2.23. The van der Waals surface area contributed by atoms with Crippen molar-refractivity contribution in [2.45, 2.75) is 26.3 Å². The lowest BCUT2D eigenvalue weighted by atomic mass is 10.3. The SMILES string of the molecule is COCCNCCCCn1ccn2nc(C)cc2c1=O. The van der Waals surface area contributed by atoms with Gasteiger partial charge in [0.2, 0.25) is 0 Å². The van der Waals surface area contributed by atoms with Gasteiger partial charge in [-0.15, -0.1) is 0 Å². The predicted octanol–water partition coefficient (Wildman–Crippen LogP) is 0.821. The van der Waals surface area contributed by atoms with Gasteiger partial charge >= 0.3 is 0 Å². The van der Waals surface area contributed by atoms with Crippen LogP contribution in [0.1, 0.15) is 18.5 Å². The van der Waals surface area contributed by atoms with E-state index in [4.69, 9.17) is 4.74 Å². The Morgan fingerprint density at radius 2 is 2.15 bits per heavy atom. The third-order valence-corrected chi connectivity index (χ3v) is 3.21. The summed E-state index contributed by atoms with van der Waals surface area (Å²) in [4.78, 5) is 12.2. The number of aromatic nitrogens is 3. The predicted molar refractivity (Wildman–Crippen MR) is 78.2 cm³/mol. The van der Waals surface area contributed by atoms with Gasteiger partial charge in [0.25, 0.3) is 5.56 Å². The van der Waals surface area contributed by atoms with Crippen LogP contribution in [0.2, 0.25) is 0 Å². The van der Waals surface area contributed by atoms with Gasteiger partial charge in [-0.2, -0.15) is 5.10 Å². The molecular formula is C14H22N4O2. The van der Waals surface area contributed by atoms with Crippen LogP contribution in [0.25, 0.3) is 5.52 Å². The lowest BCUT2D eigenvalue weighted by molar-refractivity contribution is 0.199. The second-order valence-electron chi connectivity index (χ2n) is 4.86. The quantitative estimate of drug-likeness (QED) is 0.726. The first kappa shape index (κ1) is 14.7. The molecule has 6 heteroatoms. The van der Waals surface area contributed by atoms with Gasteiger partial charge in [0.15, 0.2) is 0 Å². The van der Waals surface area contributed by atoms with Crippen molar-refractivity contribution in [2.24, 2.45) is 0 Å². The van der Waals surface area contributed by atoms with Crippen LogP contribution in [0.3, 0.4) is 0 Å². The van der Waals surface area contributed by atoms with Gasteiger partial charge in [-0.05, 0) is 32.4 Å². The second-order valence-corrected chi connectivity index (χ2v) is 4.86. The van der Waals surface area contributed by atoms with Gasteiger partial charge in [-0.25, -0.2) is 4.52 Å². The van der Waals surface area contributed by atoms with Gasteiger partial charge in [0.1, 0.15) is 5.52 Å². The average Bonchev–Trinajstić information content (AvgIpc) is 2.82. The Hall–Kier alpha value is -1.66. The maximum absolute atomic E-state index is 12.2. The van der Waals surface area contributed by atoms with Gasteiger partial charge in [-0.1, -0.05) is 0 Å². The first-order valence-corrected chi connectivity index (χ1v) is 6.97. The third kappa shape index (κ3) is 3.68. The van der Waals surface area contributed by atoms with Gasteiger partial charge < -0.3 is 14.6 Å². The maximum atomic E-state index is 12.2. The van der Waals surface area contributed by atoms with Gasteiger partial charge in [-0.3, -0.25) is 4.79 Å². The molecule has 0 unspecified atom stereocenters. The van der Waals surface area contributed by atoms with Crippen LogP contribution in [0.4, 0.5) is 0 Å². The van der Waals surface area contributed by atoms with Crippen molar-refractivity contribution in [1.82, 2.24) is 19.5 Å². The van der Waals surface area contributed by atoms with Crippen LogP contribution in [-0.4, -0.2) is 41.0 Å². The Bertz CT molecular complexity index is 603. The topological polar surface area (TPSA) is 60.6 Å². The zero-order valence-electron chi connectivity index (χ0n) is 12.1. The van der Waals surface area contributed by atoms with E-state index in [1.165, 1.54) is 0 Å². The Morgan fingerprint density at radius 3 is 2.95 bits per heavy atom. The van der Waals surface area contributed by atoms with E-state index in [1.807, 2.05) is 19.2 Å². The van der Waals surface area contributed by atoms with Crippen molar-refractivity contribution in [3.63, 3.8) is 0 Å². The number of hydrogen-bond donors (Lipinski definition) is 1. The minimum Gasteiger partial charge on any atom is -0.383 e. The van der Waals surface area contributed by atoms with Crippen molar-refractivity contribution in [2.75, 3.05) is 26.8 Å². The van der Waals surface area contributed by atoms with E-state index in [0.29, 0.717) is 5.52 Å². The van der Waals surface area contributed by atoms with Gasteiger partial charge in [0.05, 0.1) is 12.3 Å². The molecule has 2 aromatic rings. The largest absolute Gasteiger partial charge is 0.383 e. The van der Waals surface area contributed by atoms with Crippen LogP contribution < -0.4 is 10.9 Å². The summed E-state index contributed by atoms with van der Waals surface area (Å²) in [6, 6.07) is 1.82. The number of methoxy groups -OCH3 is 1. The highest BCUT2D eigenvalue weighted by Crippen LogP contribution is 2.01. The van der Waals surface area contributed by atoms with Crippen LogP contribution in [0.5, 0.6) is 0 Å². The van der Waals surface area contributed by atoms with E-state index < -0.39 is 0 Å². The molecule has 20 heavy (non-hydrogen) atoms. The van der Waals surface area contributed by atoms with Crippen molar-refractivity contribution in [3.05, 3.63) is 34.5 Å². The molecule has 2 rings (SSSR count). The Kier molecular flexibility index (Phi) is 5.31. The number of hydrogen-bond acceptors (Lipinski definition) is 4. The normalized spacial score (nSPS) is 11.3. The average molecular weight is 278 g/mol. The molecule has 0 saturated carbocycles. The molecule has 0 aliphatic heterocycles. The molecule has 0 spiro atoms. The molecule has 0 saturated heterocycles. The Labute approximate surface area is 118 Å². The maximum Gasteiger partial charge on any atom is 0.276 e. The van der Waals surface area contributed by atoms with Crippen molar-refractivity contribution < 1.29 is 4.74 Å². The number of nitrogens with zero attached hydrogens (tertiary/aromatic N) is 3. The van der Waals surface area contributed by atoms with E-state index in [2.05, 4.69) is 10.4 Å². The lowest BCUT2D eigenvalue weighted by Gasteiger charge is -2.07. The van der Waals surface area contributed by atoms with Crippen LogP contribution in [0, 0.1) is 6.92 Å². The molecular weight excluding hydrogens is 256 g/mol. The molecule has 0 aromatic carbocycles. The van der Waals surface area contributed by atoms with Crippen LogP contribution in [0.15, 0.2) is 23.3 Å². The fraction of sp³-hybridized carbons (Fsp3) is 0.571. The van der Waals surface area contributed by atoms with Gasteiger partial charge in [0, 0.05) is 32.6 Å². The minimum absolute atomic E-state index is 0.0282. The molecule has 0 fully saturated rings. The molecule has 0 aliphatic carbocycles. The van der Waals surface area contributed by atoms with Crippen molar-refractivity contribution in [3.8, 4) is 0 Å². The molecule has 6 nitrogen and oxygen atoms in total. The molecule has 0 aliphatic rings. The standard InChI is InChI=1S/C14H22N4O2/c1-12-11-13-14(19)17(8-9-18(13)16-12)7-4-3-5-15-6-10-20-2/h8-9,11,15H,3-7,10H2,1-2H3. The minimum atomic E-state index is 0.0282. The van der Waals surface area contributed by atoms with Crippen molar-refractivity contribution in [1.29, 1.82) is 0 Å². The fourth-order valence-electron chi connectivity index (χ4n) is 2.16. The van der Waals surface area contributed by atoms with Crippen LogP contribution >= 0.6 is 0 Å². The highest BCUT2D eigenvalue weighted by molar-refractivity contribution is 5.44. The van der Waals surface area contributed by atoms with E-state index in [0.717, 1.165) is 44.8 Å². The summed E-state index contributed by atoms with van der Waals surface area (Å²) in [6.45, 7) is 5.19. The number of unbranched alkanes of at least 4 members (excludes halogenated alkanes) is 1. The van der Waals surface area contributed by atoms with E-state index in [-0.39, 0.29) is 5.56 Å². The summed E-state index contributed by atoms with van der Waals surface area (Å²) in [7, 11) is 1.70. The fourth-order valence-corrected chi connectivity index (χ4v) is 2.16. The Morgan fingerprint density at radius 1 is 1.30 bits per heavy atom. The molecule has 2 heterocycles. The summed E-state index contributed by atoms with van der Waals surface area (Å²) >= 11 is 0. The third-order valence-electron chi connectivity index (χ3n) is 3.21. The summed E-state index contributed by atoms with van der Waals surface area (Å²) in [5.41, 5.74) is 1.53. The number of rotatable bonds is 8. The number of fused-ring (bicyclic) bond motifs is 1. The first-order chi connectivity index (χ1) is 9.72. The second kappa shape index (κ2) is 7.21. The number of aryl methyl sites for hydroxylation is 2. The zero-order valence-corrected chi connectivity index (χ0v) is 12.1. The number of nitrogens with one attached hydrogen (secondary N) is 1. The van der Waals surface area contributed by atoms with Crippen molar-refractivity contribution >= 4 is 5.52 Å². The molecule has 0 amide bonds. The highest BCUT2D eigenvalue weighted by atomic mass is 16.5. The molecule has 1 N–H and O–H groups in total. The summed E-state index contributed by atoms with van der Waals surface area (Å²) < 4.78 is 8.36. The first-order valence-electron chi connectivity index (χ1n) is 6.97. The van der Waals surface area contributed by atoms with E-state index >= 15 is 0 Å². The highest BCUT2D eigenvalue weighted by Gasteiger charge is 2.04. The van der Waals surface area contributed by atoms with E-state index in [9.17, 15) is 4.79 Å². The molecule has 110 valence electrons. The molecule has 2 aromatic heterocycles. The summed E-state index contributed by atoms with van der Waals surface area (Å²) in [5.74, 6) is 0. The number of ether oxygens (including phenoxy) is 1. The monoisotopic (exact) mass is 278 g/mol. The smallest absolute Gasteiger partial charge is 0.276 e. The molecule has 0 radical (unpaired) electrons. The Balaban J connectivity index is 1.84. The summed E-state index contributed by atoms with van der Waals surface area (Å²) in [5, 5.41) is 7.53. The zero-order chi connectivity index (χ0) is 14.4. The molecule has 0 bridgehead atoms. The molecule has 0 atom stereocenters. The van der Waals surface area contributed by atoms with E-state index in [1.54, 1.807) is 22.4 Å². The van der Waals surface area contributed by atoms with Crippen LogP contribution in [-0.2, 0) is 11.3 Å². The summed E-state index contributed by atoms with van der Waals surface area (Å²) in [6.07, 6.45) is 5.66.